The Morgan fingerprint density at radius 2 is 1.49 bits per heavy atom. The van der Waals surface area contributed by atoms with Crippen LogP contribution in [0.4, 0.5) is 11.4 Å². The zero-order valence-electron chi connectivity index (χ0n) is 22.7. The van der Waals surface area contributed by atoms with Crippen LogP contribution < -0.4 is 20.7 Å². The minimum Gasteiger partial charge on any atom is -0.489 e. The number of carbonyl (C=O) groups excluding carboxylic acids is 3. The summed E-state index contributed by atoms with van der Waals surface area (Å²) < 4.78 is 5.75. The number of benzene rings is 4. The summed E-state index contributed by atoms with van der Waals surface area (Å²) in [4.78, 5) is 38.2. The highest BCUT2D eigenvalue weighted by molar-refractivity contribution is 7.98. The van der Waals surface area contributed by atoms with Gasteiger partial charge in [0.15, 0.2) is 0 Å². The standard InChI is InChI=1S/C32H33N3O5S/c1-41-18-17-28(31(38)34-26-12-11-23-9-5-6-10-24(23)19-26)35-32(39)29(36)20-30(37)33-25-13-15-27(16-14-25)40-21-22-7-3-2-4-8-22/h2-16,19,28-29,36H,17-18,20-21H2,1H3,(H,33,37)(H,34,38)(H,35,39). The summed E-state index contributed by atoms with van der Waals surface area (Å²) in [7, 11) is 0. The summed E-state index contributed by atoms with van der Waals surface area (Å²) in [6.45, 7) is 0.423. The number of thioether (sulfide) groups is 1. The molecule has 4 aromatic carbocycles. The molecule has 2 unspecified atom stereocenters. The van der Waals surface area contributed by atoms with E-state index in [1.165, 1.54) is 11.8 Å². The monoisotopic (exact) mass is 571 g/mol. The number of anilines is 2. The van der Waals surface area contributed by atoms with Crippen molar-refractivity contribution in [1.82, 2.24) is 5.32 Å². The number of aliphatic hydroxyl groups is 1. The fourth-order valence-corrected chi connectivity index (χ4v) is 4.60. The maximum absolute atomic E-state index is 13.0. The topological polar surface area (TPSA) is 117 Å². The van der Waals surface area contributed by atoms with Crippen molar-refractivity contribution in [2.45, 2.75) is 31.6 Å². The molecule has 41 heavy (non-hydrogen) atoms. The van der Waals surface area contributed by atoms with E-state index >= 15 is 0 Å². The van der Waals surface area contributed by atoms with Gasteiger partial charge in [-0.05, 0) is 71.2 Å². The van der Waals surface area contributed by atoms with Gasteiger partial charge in [0.1, 0.15) is 24.5 Å². The van der Waals surface area contributed by atoms with Gasteiger partial charge in [-0.2, -0.15) is 11.8 Å². The molecule has 0 aliphatic heterocycles. The fourth-order valence-electron chi connectivity index (χ4n) is 4.12. The van der Waals surface area contributed by atoms with Gasteiger partial charge in [-0.1, -0.05) is 60.7 Å². The Morgan fingerprint density at radius 1 is 0.805 bits per heavy atom. The summed E-state index contributed by atoms with van der Waals surface area (Å²) in [6, 6.07) is 29.1. The molecule has 2 atom stereocenters. The van der Waals surface area contributed by atoms with Crippen LogP contribution in [0.15, 0.2) is 97.1 Å². The first kappa shape index (κ1) is 29.6. The SMILES string of the molecule is CSCCC(NC(=O)C(O)CC(=O)Nc1ccc(OCc2ccccc2)cc1)C(=O)Nc1ccc2ccccc2c1. The lowest BCUT2D eigenvalue weighted by molar-refractivity contribution is -0.135. The van der Waals surface area contributed by atoms with Gasteiger partial charge in [0, 0.05) is 11.4 Å². The Kier molecular flexibility index (Phi) is 10.8. The van der Waals surface area contributed by atoms with Crippen LogP contribution in [0.1, 0.15) is 18.4 Å². The molecule has 0 radical (unpaired) electrons. The van der Waals surface area contributed by atoms with E-state index in [1.54, 1.807) is 30.3 Å². The number of amides is 3. The van der Waals surface area contributed by atoms with Crippen LogP contribution in [0.2, 0.25) is 0 Å². The first-order valence-corrected chi connectivity index (χ1v) is 14.6. The molecule has 3 amide bonds. The van der Waals surface area contributed by atoms with Gasteiger partial charge in [0.25, 0.3) is 0 Å². The maximum Gasteiger partial charge on any atom is 0.250 e. The van der Waals surface area contributed by atoms with Crippen LogP contribution in [0.5, 0.6) is 5.75 Å². The number of aliphatic hydroxyl groups excluding tert-OH is 1. The lowest BCUT2D eigenvalue weighted by atomic mass is 10.1. The molecular weight excluding hydrogens is 538 g/mol. The number of rotatable bonds is 13. The average Bonchev–Trinajstić information content (AvgIpc) is 2.99. The number of nitrogens with one attached hydrogen (secondary N) is 3. The lowest BCUT2D eigenvalue weighted by Crippen LogP contribution is -2.48. The molecule has 0 heterocycles. The number of carbonyl (C=O) groups is 3. The average molecular weight is 572 g/mol. The van der Waals surface area contributed by atoms with E-state index in [-0.39, 0.29) is 0 Å². The third-order valence-electron chi connectivity index (χ3n) is 6.33. The van der Waals surface area contributed by atoms with E-state index < -0.39 is 36.3 Å². The minimum absolute atomic E-state index is 0.365. The van der Waals surface area contributed by atoms with Crippen molar-refractivity contribution >= 4 is 51.6 Å². The fraction of sp³-hybridized carbons (Fsp3) is 0.219. The van der Waals surface area contributed by atoms with E-state index in [0.717, 1.165) is 16.3 Å². The number of hydrogen-bond acceptors (Lipinski definition) is 6. The normalized spacial score (nSPS) is 12.2. The molecule has 0 aliphatic carbocycles. The second-order valence-electron chi connectivity index (χ2n) is 9.46. The Balaban J connectivity index is 1.27. The maximum atomic E-state index is 13.0. The lowest BCUT2D eigenvalue weighted by Gasteiger charge is -2.20. The highest BCUT2D eigenvalue weighted by atomic mass is 32.2. The zero-order valence-corrected chi connectivity index (χ0v) is 23.5. The summed E-state index contributed by atoms with van der Waals surface area (Å²) in [5, 5.41) is 20.6. The summed E-state index contributed by atoms with van der Waals surface area (Å²) in [6.07, 6.45) is 0.193. The summed E-state index contributed by atoms with van der Waals surface area (Å²) >= 11 is 1.54. The third kappa shape index (κ3) is 9.09. The Morgan fingerprint density at radius 3 is 2.22 bits per heavy atom. The Labute approximate surface area is 243 Å². The third-order valence-corrected chi connectivity index (χ3v) is 6.97. The second kappa shape index (κ2) is 14.9. The molecule has 4 N–H and O–H groups in total. The largest absolute Gasteiger partial charge is 0.489 e. The van der Waals surface area contributed by atoms with Gasteiger partial charge in [-0.25, -0.2) is 0 Å². The molecule has 0 bridgehead atoms. The summed E-state index contributed by atoms with van der Waals surface area (Å²) in [5.74, 6) is -0.451. The molecule has 8 nitrogen and oxygen atoms in total. The predicted octanol–water partition coefficient (Wildman–Crippen LogP) is 4.98. The van der Waals surface area contributed by atoms with Crippen molar-refractivity contribution in [3.63, 3.8) is 0 Å². The van der Waals surface area contributed by atoms with Crippen LogP contribution in [0, 0.1) is 0 Å². The highest BCUT2D eigenvalue weighted by Gasteiger charge is 2.26. The van der Waals surface area contributed by atoms with Crippen LogP contribution in [-0.4, -0.2) is 47.0 Å². The molecule has 9 heteroatoms. The molecule has 0 spiro atoms. The summed E-state index contributed by atoms with van der Waals surface area (Å²) in [5.41, 5.74) is 2.15. The molecule has 212 valence electrons. The van der Waals surface area contributed by atoms with E-state index in [4.69, 9.17) is 4.74 Å². The number of hydrogen-bond donors (Lipinski definition) is 4. The van der Waals surface area contributed by atoms with Gasteiger partial charge in [0.2, 0.25) is 17.7 Å². The van der Waals surface area contributed by atoms with Crippen LogP contribution in [0.3, 0.4) is 0 Å². The predicted molar refractivity (Wildman–Crippen MR) is 164 cm³/mol. The molecule has 0 saturated carbocycles. The molecule has 0 saturated heterocycles. The van der Waals surface area contributed by atoms with Crippen molar-refractivity contribution < 1.29 is 24.2 Å². The zero-order chi connectivity index (χ0) is 29.0. The molecule has 0 aromatic heterocycles. The first-order valence-electron chi connectivity index (χ1n) is 13.2. The van der Waals surface area contributed by atoms with Gasteiger partial charge < -0.3 is 25.8 Å². The van der Waals surface area contributed by atoms with E-state index in [9.17, 15) is 19.5 Å². The van der Waals surface area contributed by atoms with E-state index in [0.29, 0.717) is 35.9 Å². The van der Waals surface area contributed by atoms with Crippen molar-refractivity contribution in [2.75, 3.05) is 22.6 Å². The van der Waals surface area contributed by atoms with Crippen LogP contribution >= 0.6 is 11.8 Å². The van der Waals surface area contributed by atoms with E-state index in [2.05, 4.69) is 16.0 Å². The van der Waals surface area contributed by atoms with Gasteiger partial charge in [-0.3, -0.25) is 14.4 Å². The molecule has 0 fully saturated rings. The van der Waals surface area contributed by atoms with Crippen molar-refractivity contribution in [1.29, 1.82) is 0 Å². The molecule has 4 rings (SSSR count). The molecule has 4 aromatic rings. The Hall–Kier alpha value is -4.34. The first-order chi connectivity index (χ1) is 19.9. The van der Waals surface area contributed by atoms with Crippen LogP contribution in [0.25, 0.3) is 10.8 Å². The van der Waals surface area contributed by atoms with Crippen LogP contribution in [-0.2, 0) is 21.0 Å². The van der Waals surface area contributed by atoms with Gasteiger partial charge >= 0.3 is 0 Å². The minimum atomic E-state index is -1.62. The van der Waals surface area contributed by atoms with Gasteiger partial charge in [-0.15, -0.1) is 0 Å². The van der Waals surface area contributed by atoms with Crippen molar-refractivity contribution in [2.24, 2.45) is 0 Å². The second-order valence-corrected chi connectivity index (χ2v) is 10.4. The highest BCUT2D eigenvalue weighted by Crippen LogP contribution is 2.20. The van der Waals surface area contributed by atoms with Crippen molar-refractivity contribution in [3.05, 3.63) is 103 Å². The smallest absolute Gasteiger partial charge is 0.250 e. The van der Waals surface area contributed by atoms with Crippen molar-refractivity contribution in [3.8, 4) is 5.75 Å². The Bertz CT molecular complexity index is 1460. The van der Waals surface area contributed by atoms with Gasteiger partial charge in [0.05, 0.1) is 6.42 Å². The quantitative estimate of drug-likeness (QED) is 0.180. The number of ether oxygens (including phenoxy) is 1. The molecular formula is C32H33N3O5S. The molecule has 0 aliphatic rings. The number of fused-ring (bicyclic) bond motifs is 1. The van der Waals surface area contributed by atoms with E-state index in [1.807, 2.05) is 73.0 Å².